The van der Waals surface area contributed by atoms with Crippen molar-refractivity contribution in [1.82, 2.24) is 0 Å². The first-order valence-corrected chi connectivity index (χ1v) is 6.96. The second kappa shape index (κ2) is 9.20. The van der Waals surface area contributed by atoms with Gasteiger partial charge in [-0.1, -0.05) is 37.0 Å². The summed E-state index contributed by atoms with van der Waals surface area (Å²) in [5.74, 6) is 0.768. The van der Waals surface area contributed by atoms with Crippen LogP contribution in [0.15, 0.2) is 29.4 Å². The van der Waals surface area contributed by atoms with Gasteiger partial charge < -0.3 is 4.74 Å². The van der Waals surface area contributed by atoms with Gasteiger partial charge in [0.2, 0.25) is 0 Å². The van der Waals surface area contributed by atoms with Gasteiger partial charge in [0.1, 0.15) is 10.9 Å². The van der Waals surface area contributed by atoms with Crippen molar-refractivity contribution < 1.29 is 14.4 Å². The minimum Gasteiger partial charge on any atom is -0.494 e. The summed E-state index contributed by atoms with van der Waals surface area (Å²) in [6.45, 7) is 4.61. The molecule has 0 unspecified atom stereocenters. The Hall–Kier alpha value is -1.75. The lowest BCUT2D eigenvalue weighted by atomic mass is 10.3. The molecular weight excluding hydrogens is 280 g/mol. The van der Waals surface area contributed by atoms with Crippen molar-refractivity contribution >= 4 is 28.6 Å². The van der Waals surface area contributed by atoms with E-state index in [2.05, 4.69) is 22.2 Å². The van der Waals surface area contributed by atoms with Crippen LogP contribution in [0.2, 0.25) is 0 Å². The van der Waals surface area contributed by atoms with Gasteiger partial charge in [0.05, 0.1) is 6.61 Å². The van der Waals surface area contributed by atoms with Crippen LogP contribution < -0.4 is 10.1 Å². The molecule has 0 fully saturated rings. The molecule has 1 amide bonds. The van der Waals surface area contributed by atoms with Gasteiger partial charge in [-0.25, -0.2) is 4.79 Å². The number of rotatable bonds is 7. The number of hydrogen-bond acceptors (Lipinski definition) is 4. The number of unbranched alkanes of at least 4 members (excludes halogenated alkanes) is 1. The molecule has 5 nitrogen and oxygen atoms in total. The van der Waals surface area contributed by atoms with Crippen molar-refractivity contribution in [1.29, 1.82) is 0 Å². The first-order valence-electron chi connectivity index (χ1n) is 6.59. The number of benzene rings is 1. The molecule has 0 spiro atoms. The van der Waals surface area contributed by atoms with Crippen LogP contribution in [0.5, 0.6) is 5.75 Å². The molecule has 110 valence electrons. The predicted molar refractivity (Wildman–Crippen MR) is 80.5 cm³/mol. The number of carbonyl (C=O) groups excluding carboxylic acids is 1. The summed E-state index contributed by atoms with van der Waals surface area (Å²) >= 11 is 5.62. The van der Waals surface area contributed by atoms with Crippen molar-refractivity contribution in [2.24, 2.45) is 5.16 Å². The summed E-state index contributed by atoms with van der Waals surface area (Å²) in [4.78, 5) is 16.0. The molecule has 0 heterocycles. The van der Waals surface area contributed by atoms with Gasteiger partial charge in [-0.3, -0.25) is 10.2 Å². The van der Waals surface area contributed by atoms with Crippen molar-refractivity contribution in [3.8, 4) is 5.75 Å². The van der Waals surface area contributed by atoms with Gasteiger partial charge in [-0.15, -0.1) is 0 Å². The van der Waals surface area contributed by atoms with Crippen molar-refractivity contribution in [2.45, 2.75) is 33.1 Å². The minimum atomic E-state index is -0.684. The molecule has 0 aliphatic rings. The Kier molecular flexibility index (Phi) is 7.50. The van der Waals surface area contributed by atoms with E-state index in [1.54, 1.807) is 24.3 Å². The number of carbonyl (C=O) groups is 1. The molecule has 0 aromatic heterocycles. The largest absolute Gasteiger partial charge is 0.494 e. The number of halogens is 1. The fourth-order valence-corrected chi connectivity index (χ4v) is 1.30. The first-order chi connectivity index (χ1) is 9.65. The lowest BCUT2D eigenvalue weighted by Gasteiger charge is -2.07. The van der Waals surface area contributed by atoms with Gasteiger partial charge in [-0.2, -0.15) is 0 Å². The van der Waals surface area contributed by atoms with Crippen LogP contribution in [-0.4, -0.2) is 17.9 Å². The van der Waals surface area contributed by atoms with E-state index in [1.807, 2.05) is 6.92 Å². The molecule has 0 aliphatic heterocycles. The molecule has 1 aromatic rings. The monoisotopic (exact) mass is 298 g/mol. The van der Waals surface area contributed by atoms with E-state index in [-0.39, 0.29) is 5.17 Å². The Balaban J connectivity index is 2.42. The van der Waals surface area contributed by atoms with E-state index >= 15 is 0 Å². The smallest absolute Gasteiger partial charge is 0.437 e. The van der Waals surface area contributed by atoms with Crippen LogP contribution in [0.3, 0.4) is 0 Å². The summed E-state index contributed by atoms with van der Waals surface area (Å²) in [6.07, 6.45) is 1.93. The van der Waals surface area contributed by atoms with E-state index in [0.717, 1.165) is 18.6 Å². The lowest BCUT2D eigenvalue weighted by Crippen LogP contribution is -2.11. The highest BCUT2D eigenvalue weighted by Crippen LogP contribution is 2.16. The van der Waals surface area contributed by atoms with Crippen LogP contribution >= 0.6 is 11.6 Å². The summed E-state index contributed by atoms with van der Waals surface area (Å²) in [7, 11) is 0. The maximum absolute atomic E-state index is 11.4. The van der Waals surface area contributed by atoms with Crippen LogP contribution in [0.4, 0.5) is 10.5 Å². The van der Waals surface area contributed by atoms with E-state index in [1.165, 1.54) is 0 Å². The third-order valence-electron chi connectivity index (χ3n) is 2.39. The van der Waals surface area contributed by atoms with Crippen molar-refractivity contribution in [2.75, 3.05) is 11.9 Å². The van der Waals surface area contributed by atoms with Gasteiger partial charge in [0, 0.05) is 12.1 Å². The molecular formula is C14H19ClN2O3. The molecule has 1 rings (SSSR count). The van der Waals surface area contributed by atoms with E-state index in [4.69, 9.17) is 16.3 Å². The maximum atomic E-state index is 11.4. The number of oxime groups is 1. The number of nitrogens with one attached hydrogen (secondary N) is 1. The average molecular weight is 299 g/mol. The quantitative estimate of drug-likeness (QED) is 0.352. The fraction of sp³-hybridized carbons (Fsp3) is 0.429. The summed E-state index contributed by atoms with van der Waals surface area (Å²) in [5.41, 5.74) is 0.598. The number of anilines is 1. The third kappa shape index (κ3) is 6.43. The van der Waals surface area contributed by atoms with E-state index in [0.29, 0.717) is 18.7 Å². The average Bonchev–Trinajstić information content (AvgIpc) is 2.47. The zero-order valence-corrected chi connectivity index (χ0v) is 12.4. The molecule has 0 aliphatic carbocycles. The Morgan fingerprint density at radius 3 is 2.60 bits per heavy atom. The van der Waals surface area contributed by atoms with Crippen molar-refractivity contribution in [3.63, 3.8) is 0 Å². The summed E-state index contributed by atoms with van der Waals surface area (Å²) < 4.78 is 5.52. The lowest BCUT2D eigenvalue weighted by molar-refractivity contribution is 0.166. The van der Waals surface area contributed by atoms with Gasteiger partial charge in [-0.05, 0) is 30.7 Å². The highest BCUT2D eigenvalue weighted by atomic mass is 35.5. The van der Waals surface area contributed by atoms with E-state index < -0.39 is 6.09 Å². The van der Waals surface area contributed by atoms with E-state index in [9.17, 15) is 4.79 Å². The molecule has 0 radical (unpaired) electrons. The highest BCUT2D eigenvalue weighted by molar-refractivity contribution is 6.65. The zero-order chi connectivity index (χ0) is 14.8. The fourth-order valence-electron chi connectivity index (χ4n) is 1.27. The molecule has 1 N–H and O–H groups in total. The molecule has 0 atom stereocenters. The second-order valence-electron chi connectivity index (χ2n) is 4.05. The summed E-state index contributed by atoms with van der Waals surface area (Å²) in [6, 6.07) is 7.03. The third-order valence-corrected chi connectivity index (χ3v) is 2.72. The molecule has 0 saturated heterocycles. The van der Waals surface area contributed by atoms with Gasteiger partial charge >= 0.3 is 6.09 Å². The Bertz CT molecular complexity index is 446. The number of ether oxygens (including phenoxy) is 1. The maximum Gasteiger partial charge on any atom is 0.437 e. The Morgan fingerprint density at radius 2 is 2.00 bits per heavy atom. The molecule has 20 heavy (non-hydrogen) atoms. The van der Waals surface area contributed by atoms with Crippen LogP contribution in [0.1, 0.15) is 33.1 Å². The van der Waals surface area contributed by atoms with Crippen LogP contribution in [0.25, 0.3) is 0 Å². The minimum absolute atomic E-state index is 0.236. The van der Waals surface area contributed by atoms with Gasteiger partial charge in [0.25, 0.3) is 0 Å². The molecule has 0 saturated carbocycles. The highest BCUT2D eigenvalue weighted by Gasteiger charge is 2.03. The topological polar surface area (TPSA) is 59.9 Å². The number of amides is 1. The second-order valence-corrected chi connectivity index (χ2v) is 4.49. The first kappa shape index (κ1) is 16.3. The predicted octanol–water partition coefficient (Wildman–Crippen LogP) is 4.38. The molecule has 6 heteroatoms. The standard InChI is InChI=1S/C14H19ClN2O3/c1-3-5-10-19-12-8-6-11(7-9-12)16-14(18)20-17-13(15)4-2/h6-9H,3-5,10H2,1-2H3,(H,16,18). The normalized spacial score (nSPS) is 11.1. The summed E-state index contributed by atoms with van der Waals surface area (Å²) in [5, 5.41) is 6.22. The van der Waals surface area contributed by atoms with Crippen LogP contribution in [0, 0.1) is 0 Å². The Morgan fingerprint density at radius 1 is 1.30 bits per heavy atom. The zero-order valence-electron chi connectivity index (χ0n) is 11.7. The number of nitrogens with zero attached hydrogens (tertiary/aromatic N) is 1. The van der Waals surface area contributed by atoms with Crippen LogP contribution in [-0.2, 0) is 4.84 Å². The molecule has 1 aromatic carbocycles. The SMILES string of the molecule is CCCCOc1ccc(NC(=O)ON=C(Cl)CC)cc1. The molecule has 0 bridgehead atoms. The Labute approximate surface area is 123 Å². The van der Waals surface area contributed by atoms with Crippen molar-refractivity contribution in [3.05, 3.63) is 24.3 Å². The number of hydrogen-bond donors (Lipinski definition) is 1. The van der Waals surface area contributed by atoms with Gasteiger partial charge in [0.15, 0.2) is 0 Å².